The molecule has 0 aliphatic rings. The van der Waals surface area contributed by atoms with Crippen molar-refractivity contribution in [2.75, 3.05) is 26.4 Å². The summed E-state index contributed by atoms with van der Waals surface area (Å²) in [5.41, 5.74) is 5.69. The van der Waals surface area contributed by atoms with E-state index in [0.717, 1.165) is 0 Å². The molecule has 0 aromatic heterocycles. The second-order valence-corrected chi connectivity index (χ2v) is 3.19. The molecule has 0 radical (unpaired) electrons. The van der Waals surface area contributed by atoms with Crippen LogP contribution in [0.4, 0.5) is 0 Å². The van der Waals surface area contributed by atoms with Crippen LogP contribution in [0.2, 0.25) is 0 Å². The maximum Gasteiger partial charge on any atom is 0.116 e. The molecule has 4 nitrogen and oxygen atoms in total. The molecule has 15 heavy (non-hydrogen) atoms. The lowest BCUT2D eigenvalue weighted by molar-refractivity contribution is 0.0603. The molecule has 0 saturated heterocycles. The first-order chi connectivity index (χ1) is 7.20. The van der Waals surface area contributed by atoms with Crippen molar-refractivity contribution in [3.05, 3.63) is 0 Å². The lowest BCUT2D eigenvalue weighted by Crippen LogP contribution is -2.31. The summed E-state index contributed by atoms with van der Waals surface area (Å²) in [5, 5.41) is 9.25. The number of nitrogens with two attached hydrogens (primary N) is 1. The highest BCUT2D eigenvalue weighted by molar-refractivity contribution is 5.01. The average molecular weight is 215 g/mol. The molecule has 2 unspecified atom stereocenters. The Bertz CT molecular complexity index is 198. The molecule has 4 heteroatoms. The van der Waals surface area contributed by atoms with Crippen molar-refractivity contribution in [2.45, 2.75) is 32.4 Å². The molecule has 0 fully saturated rings. The maximum atomic E-state index is 9.25. The van der Waals surface area contributed by atoms with E-state index in [1.165, 1.54) is 0 Å². The summed E-state index contributed by atoms with van der Waals surface area (Å²) in [5.74, 6) is 5.28. The molecule has 0 aliphatic carbocycles. The molecule has 0 heterocycles. The van der Waals surface area contributed by atoms with Crippen molar-refractivity contribution in [3.63, 3.8) is 0 Å². The summed E-state index contributed by atoms with van der Waals surface area (Å²) >= 11 is 0. The molecular formula is C11H21NO3. The number of aliphatic hydroxyl groups is 1. The van der Waals surface area contributed by atoms with Crippen molar-refractivity contribution >= 4 is 0 Å². The van der Waals surface area contributed by atoms with Crippen LogP contribution in [0.1, 0.15) is 20.3 Å². The summed E-state index contributed by atoms with van der Waals surface area (Å²) in [6, 6.07) is -0.0978. The van der Waals surface area contributed by atoms with Gasteiger partial charge < -0.3 is 20.3 Å². The topological polar surface area (TPSA) is 64.7 Å². The van der Waals surface area contributed by atoms with Crippen LogP contribution in [0.15, 0.2) is 0 Å². The molecule has 0 spiro atoms. The lowest BCUT2D eigenvalue weighted by atomic mass is 10.3. The first-order valence-corrected chi connectivity index (χ1v) is 5.22. The minimum Gasteiger partial charge on any atom is -0.380 e. The summed E-state index contributed by atoms with van der Waals surface area (Å²) in [6.07, 6.45) is -0.0829. The molecule has 0 aliphatic heterocycles. The summed E-state index contributed by atoms with van der Waals surface area (Å²) in [7, 11) is 0. The van der Waals surface area contributed by atoms with Crippen molar-refractivity contribution in [1.82, 2.24) is 0 Å². The minimum absolute atomic E-state index is 0.0978. The van der Waals surface area contributed by atoms with Gasteiger partial charge in [-0.15, -0.1) is 5.92 Å². The first-order valence-electron chi connectivity index (χ1n) is 5.22. The van der Waals surface area contributed by atoms with Gasteiger partial charge in [0.15, 0.2) is 0 Å². The van der Waals surface area contributed by atoms with E-state index in [9.17, 15) is 5.11 Å². The van der Waals surface area contributed by atoms with E-state index in [-0.39, 0.29) is 6.04 Å². The van der Waals surface area contributed by atoms with Crippen LogP contribution in [-0.4, -0.2) is 43.7 Å². The van der Waals surface area contributed by atoms with Gasteiger partial charge in [-0.05, 0) is 13.8 Å². The Balaban J connectivity index is 3.32. The summed E-state index contributed by atoms with van der Waals surface area (Å²) in [4.78, 5) is 0. The Hall–Kier alpha value is -0.600. The molecule has 0 saturated carbocycles. The fourth-order valence-electron chi connectivity index (χ4n) is 0.986. The zero-order chi connectivity index (χ0) is 11.5. The molecule has 0 rings (SSSR count). The van der Waals surface area contributed by atoms with Gasteiger partial charge in [0.05, 0.1) is 25.9 Å². The lowest BCUT2D eigenvalue weighted by Gasteiger charge is -2.12. The van der Waals surface area contributed by atoms with Gasteiger partial charge in [0.1, 0.15) is 6.10 Å². The minimum atomic E-state index is -0.599. The van der Waals surface area contributed by atoms with E-state index < -0.39 is 6.10 Å². The zero-order valence-corrected chi connectivity index (χ0v) is 9.53. The second kappa shape index (κ2) is 9.94. The number of hydrogen-bond donors (Lipinski definition) is 2. The average Bonchev–Trinajstić information content (AvgIpc) is 2.22. The Morgan fingerprint density at radius 3 is 2.60 bits per heavy atom. The molecule has 3 N–H and O–H groups in total. The molecule has 0 aromatic rings. The van der Waals surface area contributed by atoms with Crippen LogP contribution in [0.5, 0.6) is 0 Å². The zero-order valence-electron chi connectivity index (χ0n) is 9.53. The molecule has 0 bridgehead atoms. The van der Waals surface area contributed by atoms with E-state index in [1.807, 2.05) is 6.92 Å². The van der Waals surface area contributed by atoms with Crippen LogP contribution in [0.3, 0.4) is 0 Å². The van der Waals surface area contributed by atoms with E-state index in [1.54, 1.807) is 6.92 Å². The van der Waals surface area contributed by atoms with Crippen LogP contribution in [0.25, 0.3) is 0 Å². The summed E-state index contributed by atoms with van der Waals surface area (Å²) < 4.78 is 10.4. The number of hydrogen-bond acceptors (Lipinski definition) is 4. The highest BCUT2D eigenvalue weighted by Crippen LogP contribution is 1.92. The van der Waals surface area contributed by atoms with Crippen LogP contribution >= 0.6 is 0 Å². The maximum absolute atomic E-state index is 9.25. The highest BCUT2D eigenvalue weighted by atomic mass is 16.5. The standard InChI is InChI=1S/C11H21NO3/c1-3-5-11(13)6-7-15-9-10(12)8-14-4-2/h10-11,13H,4,6-9,12H2,1-2H3. The predicted molar refractivity (Wildman–Crippen MR) is 59.4 cm³/mol. The fourth-order valence-corrected chi connectivity index (χ4v) is 0.986. The second-order valence-electron chi connectivity index (χ2n) is 3.19. The molecular weight excluding hydrogens is 194 g/mol. The van der Waals surface area contributed by atoms with E-state index in [2.05, 4.69) is 11.8 Å². The number of aliphatic hydroxyl groups excluding tert-OH is 1. The van der Waals surface area contributed by atoms with Gasteiger partial charge in [0.25, 0.3) is 0 Å². The quantitative estimate of drug-likeness (QED) is 0.446. The van der Waals surface area contributed by atoms with Crippen molar-refractivity contribution in [3.8, 4) is 11.8 Å². The van der Waals surface area contributed by atoms with Gasteiger partial charge in [0.2, 0.25) is 0 Å². The van der Waals surface area contributed by atoms with Gasteiger partial charge in [-0.1, -0.05) is 5.92 Å². The van der Waals surface area contributed by atoms with Gasteiger partial charge in [0, 0.05) is 13.0 Å². The SMILES string of the molecule is CC#CC(O)CCOCC(N)COCC. The van der Waals surface area contributed by atoms with Crippen molar-refractivity contribution < 1.29 is 14.6 Å². The first kappa shape index (κ1) is 14.4. The van der Waals surface area contributed by atoms with Gasteiger partial charge in [-0.3, -0.25) is 0 Å². The van der Waals surface area contributed by atoms with E-state index in [4.69, 9.17) is 15.2 Å². The third-order valence-corrected chi connectivity index (χ3v) is 1.71. The molecule has 88 valence electrons. The van der Waals surface area contributed by atoms with Crippen LogP contribution in [-0.2, 0) is 9.47 Å². The van der Waals surface area contributed by atoms with E-state index in [0.29, 0.717) is 32.8 Å². The third-order valence-electron chi connectivity index (χ3n) is 1.71. The third kappa shape index (κ3) is 9.70. The molecule has 0 aromatic carbocycles. The number of rotatable bonds is 8. The Labute approximate surface area is 91.7 Å². The van der Waals surface area contributed by atoms with E-state index >= 15 is 0 Å². The smallest absolute Gasteiger partial charge is 0.116 e. The normalized spacial score (nSPS) is 14.1. The fraction of sp³-hybridized carbons (Fsp3) is 0.818. The highest BCUT2D eigenvalue weighted by Gasteiger charge is 2.03. The Morgan fingerprint density at radius 2 is 2.00 bits per heavy atom. The Kier molecular flexibility index (Phi) is 9.54. The van der Waals surface area contributed by atoms with Gasteiger partial charge in [-0.25, -0.2) is 0 Å². The predicted octanol–water partition coefficient (Wildman–Crippen LogP) is 0.141. The Morgan fingerprint density at radius 1 is 1.33 bits per heavy atom. The van der Waals surface area contributed by atoms with Crippen molar-refractivity contribution in [2.24, 2.45) is 5.73 Å². The molecule has 0 amide bonds. The van der Waals surface area contributed by atoms with Crippen LogP contribution < -0.4 is 5.73 Å². The van der Waals surface area contributed by atoms with Crippen LogP contribution in [0, 0.1) is 11.8 Å². The van der Waals surface area contributed by atoms with Gasteiger partial charge >= 0.3 is 0 Å². The van der Waals surface area contributed by atoms with Gasteiger partial charge in [-0.2, -0.15) is 0 Å². The largest absolute Gasteiger partial charge is 0.380 e. The van der Waals surface area contributed by atoms with Crippen molar-refractivity contribution in [1.29, 1.82) is 0 Å². The monoisotopic (exact) mass is 215 g/mol. The molecule has 2 atom stereocenters. The summed E-state index contributed by atoms with van der Waals surface area (Å²) in [6.45, 7) is 5.71. The number of ether oxygens (including phenoxy) is 2.